The van der Waals surface area contributed by atoms with Crippen molar-refractivity contribution in [3.05, 3.63) is 48.4 Å². The van der Waals surface area contributed by atoms with E-state index in [2.05, 4.69) is 15.3 Å². The first-order valence-electron chi connectivity index (χ1n) is 13.0. The number of nitrogens with two attached hydrogens (primary N) is 1. The van der Waals surface area contributed by atoms with E-state index in [-0.39, 0.29) is 17.9 Å². The molecule has 9 heteroatoms. The van der Waals surface area contributed by atoms with Crippen molar-refractivity contribution in [1.82, 2.24) is 20.2 Å². The molecule has 1 unspecified atom stereocenters. The molecule has 3 N–H and O–H groups in total. The highest BCUT2D eigenvalue weighted by Gasteiger charge is 2.56. The maximum Gasteiger partial charge on any atom is 0.325 e. The molecule has 190 valence electrons. The van der Waals surface area contributed by atoms with E-state index in [1.54, 1.807) is 49.9 Å². The zero-order valence-electron chi connectivity index (χ0n) is 20.7. The first kappa shape index (κ1) is 24.2. The average Bonchev–Trinajstić information content (AvgIpc) is 3.74. The first-order chi connectivity index (χ1) is 17.4. The lowest BCUT2D eigenvalue weighted by atomic mass is 9.80. The zero-order chi connectivity index (χ0) is 25.2. The zero-order valence-corrected chi connectivity index (χ0v) is 20.7. The van der Waals surface area contributed by atoms with Crippen LogP contribution in [-0.4, -0.2) is 51.8 Å². The SMILES string of the molecule is CN(C(=O)[C@@H]1[C@@H](Cc2ccnc(N)c2)C(=O)N1C(=O)NC(C1CCCCC1)C1CC1)c1ccncc1. The van der Waals surface area contributed by atoms with Crippen molar-refractivity contribution < 1.29 is 14.4 Å². The highest BCUT2D eigenvalue weighted by atomic mass is 16.2. The second-order valence-electron chi connectivity index (χ2n) is 10.4. The van der Waals surface area contributed by atoms with E-state index in [0.29, 0.717) is 29.8 Å². The average molecular weight is 491 g/mol. The van der Waals surface area contributed by atoms with E-state index in [9.17, 15) is 14.4 Å². The highest BCUT2D eigenvalue weighted by Crippen LogP contribution is 2.41. The van der Waals surface area contributed by atoms with Gasteiger partial charge in [0.25, 0.3) is 5.91 Å². The topological polar surface area (TPSA) is 122 Å². The van der Waals surface area contributed by atoms with E-state index in [1.165, 1.54) is 24.2 Å². The number of aromatic nitrogens is 2. The molecule has 1 saturated heterocycles. The Morgan fingerprint density at radius 2 is 1.78 bits per heavy atom. The maximum absolute atomic E-state index is 13.7. The molecule has 3 aliphatic rings. The van der Waals surface area contributed by atoms with Gasteiger partial charge in [-0.15, -0.1) is 0 Å². The van der Waals surface area contributed by atoms with Crippen molar-refractivity contribution in [3.63, 3.8) is 0 Å². The summed E-state index contributed by atoms with van der Waals surface area (Å²) in [5.41, 5.74) is 7.29. The lowest BCUT2D eigenvalue weighted by Gasteiger charge is -2.46. The molecule has 0 aromatic carbocycles. The fraction of sp³-hybridized carbons (Fsp3) is 0.519. The largest absolute Gasteiger partial charge is 0.384 e. The van der Waals surface area contributed by atoms with Crippen molar-refractivity contribution >= 4 is 29.4 Å². The van der Waals surface area contributed by atoms with Crippen molar-refractivity contribution in [2.24, 2.45) is 17.8 Å². The Morgan fingerprint density at radius 3 is 2.44 bits per heavy atom. The number of nitrogen functional groups attached to an aromatic ring is 1. The highest BCUT2D eigenvalue weighted by molar-refractivity contribution is 6.12. The third-order valence-electron chi connectivity index (χ3n) is 7.95. The maximum atomic E-state index is 13.7. The van der Waals surface area contributed by atoms with Crippen LogP contribution < -0.4 is 16.0 Å². The number of pyridine rings is 2. The van der Waals surface area contributed by atoms with Gasteiger partial charge in [-0.1, -0.05) is 19.3 Å². The molecule has 0 bridgehead atoms. The van der Waals surface area contributed by atoms with E-state index >= 15 is 0 Å². The summed E-state index contributed by atoms with van der Waals surface area (Å²) in [4.78, 5) is 51.2. The number of hydrogen-bond acceptors (Lipinski definition) is 6. The van der Waals surface area contributed by atoms with E-state index in [4.69, 9.17) is 5.73 Å². The number of nitrogens with zero attached hydrogens (tertiary/aromatic N) is 4. The second kappa shape index (κ2) is 10.2. The lowest BCUT2D eigenvalue weighted by Crippen LogP contribution is -2.71. The Labute approximate surface area is 211 Å². The van der Waals surface area contributed by atoms with Gasteiger partial charge in [-0.3, -0.25) is 19.5 Å². The molecule has 3 atom stereocenters. The number of hydrogen-bond donors (Lipinski definition) is 2. The third-order valence-corrected chi connectivity index (χ3v) is 7.95. The number of likely N-dealkylation sites (tertiary alicyclic amines) is 1. The molecule has 5 rings (SSSR count). The molecule has 0 radical (unpaired) electrons. The summed E-state index contributed by atoms with van der Waals surface area (Å²) < 4.78 is 0. The first-order valence-corrected chi connectivity index (χ1v) is 13.0. The number of likely N-dealkylation sites (N-methyl/N-ethyl adjacent to an activating group) is 1. The minimum Gasteiger partial charge on any atom is -0.384 e. The predicted octanol–water partition coefficient (Wildman–Crippen LogP) is 3.16. The summed E-state index contributed by atoms with van der Waals surface area (Å²) in [6.45, 7) is 0. The van der Waals surface area contributed by atoms with Crippen LogP contribution in [0, 0.1) is 17.8 Å². The molecule has 2 aliphatic carbocycles. The van der Waals surface area contributed by atoms with Gasteiger partial charge in [0.1, 0.15) is 11.9 Å². The van der Waals surface area contributed by atoms with Gasteiger partial charge in [0, 0.05) is 37.4 Å². The number of imide groups is 1. The van der Waals surface area contributed by atoms with Crippen LogP contribution in [0.3, 0.4) is 0 Å². The standard InChI is InChI=1S/C27H34N6O3/c1-32(20-10-12-29-13-11-20)26(35)24-21(15-17-9-14-30-22(28)16-17)25(34)33(24)27(36)31-23(19-7-8-19)18-5-3-2-4-6-18/h9-14,16,18-19,21,23-24H,2-8,15H2,1H3,(H2,28,30)(H,31,36)/t21-,23?,24+/m1/s1. The molecular formula is C27H34N6O3. The minimum atomic E-state index is -0.892. The monoisotopic (exact) mass is 490 g/mol. The Bertz CT molecular complexity index is 1120. The Balaban J connectivity index is 1.37. The normalized spacial score (nSPS) is 23.0. The van der Waals surface area contributed by atoms with Crippen LogP contribution in [0.5, 0.6) is 0 Å². The molecule has 36 heavy (non-hydrogen) atoms. The molecule has 3 fully saturated rings. The fourth-order valence-electron chi connectivity index (χ4n) is 5.81. The smallest absolute Gasteiger partial charge is 0.325 e. The Morgan fingerprint density at radius 1 is 1.08 bits per heavy atom. The molecule has 2 saturated carbocycles. The number of carbonyl (C=O) groups excluding carboxylic acids is 3. The molecule has 9 nitrogen and oxygen atoms in total. The van der Waals surface area contributed by atoms with Crippen molar-refractivity contribution in [2.45, 2.75) is 63.5 Å². The number of anilines is 2. The predicted molar refractivity (Wildman–Crippen MR) is 136 cm³/mol. The summed E-state index contributed by atoms with van der Waals surface area (Å²) in [7, 11) is 1.66. The van der Waals surface area contributed by atoms with Gasteiger partial charge in [-0.2, -0.15) is 0 Å². The Kier molecular flexibility index (Phi) is 6.89. The summed E-state index contributed by atoms with van der Waals surface area (Å²) in [5.74, 6) is -0.0200. The third kappa shape index (κ3) is 4.92. The van der Waals surface area contributed by atoms with Crippen molar-refractivity contribution in [2.75, 3.05) is 17.7 Å². The molecule has 2 aromatic rings. The summed E-state index contributed by atoms with van der Waals surface area (Å²) >= 11 is 0. The van der Waals surface area contributed by atoms with Gasteiger partial charge < -0.3 is 16.0 Å². The summed E-state index contributed by atoms with van der Waals surface area (Å²) in [6.07, 6.45) is 13.1. The molecule has 4 amide bonds. The van der Waals surface area contributed by atoms with Crippen LogP contribution in [-0.2, 0) is 16.0 Å². The summed E-state index contributed by atoms with van der Waals surface area (Å²) in [6, 6.07) is 5.67. The van der Waals surface area contributed by atoms with Gasteiger partial charge >= 0.3 is 6.03 Å². The fourth-order valence-corrected chi connectivity index (χ4v) is 5.81. The molecule has 0 spiro atoms. The number of carbonyl (C=O) groups is 3. The van der Waals surface area contributed by atoms with Crippen LogP contribution in [0.15, 0.2) is 42.9 Å². The molecule has 2 aromatic heterocycles. The van der Waals surface area contributed by atoms with Gasteiger partial charge in [-0.05, 0) is 73.8 Å². The van der Waals surface area contributed by atoms with Gasteiger partial charge in [0.15, 0.2) is 0 Å². The van der Waals surface area contributed by atoms with Crippen LogP contribution in [0.4, 0.5) is 16.3 Å². The number of urea groups is 1. The van der Waals surface area contributed by atoms with Crippen LogP contribution in [0.1, 0.15) is 50.5 Å². The molecular weight excluding hydrogens is 456 g/mol. The van der Waals surface area contributed by atoms with E-state index < -0.39 is 18.0 Å². The second-order valence-corrected chi connectivity index (χ2v) is 10.4. The van der Waals surface area contributed by atoms with Crippen LogP contribution in [0.2, 0.25) is 0 Å². The Hall–Kier alpha value is -3.49. The molecule has 1 aliphatic heterocycles. The van der Waals surface area contributed by atoms with Gasteiger partial charge in [0.2, 0.25) is 5.91 Å². The van der Waals surface area contributed by atoms with Gasteiger partial charge in [0.05, 0.1) is 5.92 Å². The number of amides is 4. The lowest BCUT2D eigenvalue weighted by molar-refractivity contribution is -0.156. The van der Waals surface area contributed by atoms with Crippen molar-refractivity contribution in [3.8, 4) is 0 Å². The van der Waals surface area contributed by atoms with Gasteiger partial charge in [-0.25, -0.2) is 9.78 Å². The quantitative estimate of drug-likeness (QED) is 0.575. The summed E-state index contributed by atoms with van der Waals surface area (Å²) in [5, 5.41) is 3.19. The van der Waals surface area contributed by atoms with E-state index in [0.717, 1.165) is 36.1 Å². The van der Waals surface area contributed by atoms with E-state index in [1.807, 2.05) is 0 Å². The number of β-lactam (4-membered cyclic amide) rings is 1. The van der Waals surface area contributed by atoms with Crippen LogP contribution in [0.25, 0.3) is 0 Å². The number of nitrogens with one attached hydrogen (secondary N) is 1. The van der Waals surface area contributed by atoms with Crippen molar-refractivity contribution in [1.29, 1.82) is 0 Å². The molecule has 3 heterocycles. The van der Waals surface area contributed by atoms with Crippen LogP contribution >= 0.6 is 0 Å². The number of rotatable bonds is 7. The minimum absolute atomic E-state index is 0.0679.